The zero-order valence-corrected chi connectivity index (χ0v) is 31.3. The zero-order chi connectivity index (χ0) is 37.9. The highest BCUT2D eigenvalue weighted by molar-refractivity contribution is 5.51. The summed E-state index contributed by atoms with van der Waals surface area (Å²) in [6.07, 6.45) is 15.1. The van der Waals surface area contributed by atoms with Crippen molar-refractivity contribution in [1.29, 1.82) is 0 Å². The molecule has 0 N–H and O–H groups in total. The highest BCUT2D eigenvalue weighted by Gasteiger charge is 2.44. The molecular weight excluding hydrogens is 673 g/mol. The average molecular weight is 705 g/mol. The van der Waals surface area contributed by atoms with Crippen molar-refractivity contribution in [2.45, 2.75) is 103 Å². The summed E-state index contributed by atoms with van der Waals surface area (Å²) in [4.78, 5) is 0. The van der Waals surface area contributed by atoms with Crippen LogP contribution in [0, 0.1) is 233 Å². The zero-order valence-electron chi connectivity index (χ0n) is 31.3. The smallest absolute Gasteiger partial charge is 0.0691 e. The minimum absolute atomic E-state index is 0.297. The van der Waals surface area contributed by atoms with Gasteiger partial charge in [-0.15, -0.1) is 0 Å². The van der Waals surface area contributed by atoms with Gasteiger partial charge < -0.3 is 0 Å². The largest absolute Gasteiger partial charge is 0.0940 e. The van der Waals surface area contributed by atoms with Crippen LogP contribution in [0.1, 0.15) is 103 Å². The van der Waals surface area contributed by atoms with Gasteiger partial charge in [0, 0.05) is 0 Å². The molecule has 56 heavy (non-hydrogen) atoms. The first-order chi connectivity index (χ1) is 27.3. The van der Waals surface area contributed by atoms with Gasteiger partial charge in [-0.25, -0.2) is 0 Å². The Morgan fingerprint density at radius 2 is 0.196 bits per heavy atom. The van der Waals surface area contributed by atoms with Crippen molar-refractivity contribution in [2.75, 3.05) is 0 Å². The summed E-state index contributed by atoms with van der Waals surface area (Å²) in [5.41, 5.74) is -2.38. The third-order valence-electron chi connectivity index (χ3n) is 11.3. The fraction of sp³-hybridized carbons (Fsp3) is 0.429. The van der Waals surface area contributed by atoms with Crippen LogP contribution < -0.4 is 0 Å². The Morgan fingerprint density at radius 3 is 0.250 bits per heavy atom. The number of hydrogen-bond acceptors (Lipinski definition) is 0. The first-order valence-corrected chi connectivity index (χ1v) is 19.7. The Labute approximate surface area is 334 Å². The van der Waals surface area contributed by atoms with Gasteiger partial charge in [-0.2, -0.15) is 0 Å². The lowest BCUT2D eigenvalue weighted by molar-refractivity contribution is 0.936. The quantitative estimate of drug-likeness (QED) is 0.260. The van der Waals surface area contributed by atoms with Gasteiger partial charge >= 0.3 is 0 Å². The van der Waals surface area contributed by atoms with Crippen molar-refractivity contribution in [3.63, 3.8) is 0 Å². The normalized spacial score (nSPS) is 25.1. The van der Waals surface area contributed by atoms with Crippen molar-refractivity contribution in [1.82, 2.24) is 0 Å². The van der Waals surface area contributed by atoms with E-state index in [0.29, 0.717) is 0 Å². The van der Waals surface area contributed by atoms with Crippen LogP contribution in [0.25, 0.3) is 0 Å². The van der Waals surface area contributed by atoms with E-state index in [2.05, 4.69) is 189 Å². The van der Waals surface area contributed by atoms with Crippen molar-refractivity contribution in [3.05, 3.63) is 0 Å². The molecule has 0 nitrogen and oxygen atoms in total. The Morgan fingerprint density at radius 1 is 0.125 bits per heavy atom. The summed E-state index contributed by atoms with van der Waals surface area (Å²) in [5, 5.41) is 0. The van der Waals surface area contributed by atoms with E-state index in [1.165, 1.54) is 0 Å². The molecule has 9 aliphatic carbocycles. The molecule has 8 spiro atoms. The van der Waals surface area contributed by atoms with Crippen LogP contribution in [-0.4, -0.2) is 0 Å². The Bertz CT molecular complexity index is 2130. The summed E-state index contributed by atoms with van der Waals surface area (Å²) < 4.78 is 0. The van der Waals surface area contributed by atoms with Crippen LogP contribution in [0.3, 0.4) is 0 Å². The Balaban J connectivity index is 0.933. The van der Waals surface area contributed by atoms with Crippen molar-refractivity contribution in [3.8, 4) is 189 Å². The molecule has 0 bridgehead atoms. The molecular formula is C56H32. The number of hydrogen-bond donors (Lipinski definition) is 0. The van der Waals surface area contributed by atoms with Gasteiger partial charge in [0.1, 0.15) is 0 Å². The van der Waals surface area contributed by atoms with E-state index < -0.39 is 0 Å². The van der Waals surface area contributed by atoms with Crippen LogP contribution >= 0.6 is 0 Å². The molecule has 9 rings (SSSR count). The van der Waals surface area contributed by atoms with E-state index in [9.17, 15) is 0 Å². The van der Waals surface area contributed by atoms with Crippen LogP contribution in [-0.2, 0) is 0 Å². The molecule has 0 aromatic heterocycles. The first kappa shape index (κ1) is 34.7. The second-order valence-electron chi connectivity index (χ2n) is 16.7. The van der Waals surface area contributed by atoms with Gasteiger partial charge in [0.2, 0.25) is 0 Å². The minimum Gasteiger partial charge on any atom is -0.0691 e. The third kappa shape index (κ3) is 9.00. The maximum atomic E-state index is 3.28. The molecule has 0 radical (unpaired) electrons. The van der Waals surface area contributed by atoms with E-state index in [-0.39, 0.29) is 43.3 Å². The lowest BCUT2D eigenvalue weighted by Gasteiger charge is -1.93. The molecule has 256 valence electrons. The van der Waals surface area contributed by atoms with Crippen LogP contribution in [0.2, 0.25) is 0 Å². The predicted molar refractivity (Wildman–Crippen MR) is 218 cm³/mol. The minimum atomic E-state index is -0.297. The molecule has 8 fully saturated rings. The fourth-order valence-corrected chi connectivity index (χ4v) is 5.66. The maximum Gasteiger partial charge on any atom is 0.0940 e. The summed E-state index contributed by atoms with van der Waals surface area (Å²) in [5.74, 6) is 101. The Hall–Kier alpha value is -7.04. The van der Waals surface area contributed by atoms with Crippen LogP contribution in [0.4, 0.5) is 0 Å². The Kier molecular flexibility index (Phi) is 8.28. The van der Waals surface area contributed by atoms with Crippen LogP contribution in [0.15, 0.2) is 0 Å². The van der Waals surface area contributed by atoms with Gasteiger partial charge in [-0.3, -0.25) is 0 Å². The summed E-state index contributed by atoms with van der Waals surface area (Å²) in [7, 11) is 0. The number of rotatable bonds is 0. The molecule has 0 atom stereocenters. The molecule has 0 aliphatic heterocycles. The fourth-order valence-electron chi connectivity index (χ4n) is 5.66. The van der Waals surface area contributed by atoms with E-state index in [1.54, 1.807) is 0 Å². The van der Waals surface area contributed by atoms with Crippen molar-refractivity contribution in [2.24, 2.45) is 43.3 Å². The first-order valence-electron chi connectivity index (χ1n) is 19.7. The molecule has 0 unspecified atom stereocenters. The maximum absolute atomic E-state index is 3.28. The van der Waals surface area contributed by atoms with Crippen molar-refractivity contribution < 1.29 is 0 Å². The average Bonchev–Trinajstić information content (AvgIpc) is 3.97. The second-order valence-corrected chi connectivity index (χ2v) is 16.7. The third-order valence-corrected chi connectivity index (χ3v) is 11.3. The van der Waals surface area contributed by atoms with Crippen molar-refractivity contribution >= 4 is 0 Å². The second kappa shape index (κ2) is 13.4. The van der Waals surface area contributed by atoms with E-state index >= 15 is 0 Å². The van der Waals surface area contributed by atoms with Crippen LogP contribution in [0.5, 0.6) is 0 Å². The molecule has 0 aromatic carbocycles. The van der Waals surface area contributed by atoms with E-state index in [4.69, 9.17) is 0 Å². The van der Waals surface area contributed by atoms with Gasteiger partial charge in [0.05, 0.1) is 43.3 Å². The molecule has 9 aliphatic rings. The molecule has 0 saturated heterocycles. The van der Waals surface area contributed by atoms with E-state index in [0.717, 1.165) is 103 Å². The lowest BCUT2D eigenvalue weighted by atomic mass is 10.1. The lowest BCUT2D eigenvalue weighted by Crippen LogP contribution is -1.93. The standard InChI is InChI=1S/C56H32/c1-2-18-50(35-36-50)20-5-6-22-52(39-40-52)24-9-10-26-54(43-44-54)28-13-14-30-56(47-48-56)32-16-15-31-55(45-46-55)29-12-11-27-53(41-42-53)25-8-7-23-51(37-38-51)21-4-3-19-49(17-1)33-34-49/h33-48H2. The molecule has 0 heterocycles. The SMILES string of the molecule is C1#CC2(C#CC#CC3(C#CC#CC4(C#CC#CC5(C#CC#CC6(C#CC#CC7(C#CC#CC8(C#CC#CC9(C#C1)CC9)CC8)CC7)CC6)CC5)CC4)CC3)CC2. The predicted octanol–water partition coefficient (Wildman–Crippen LogP) is 6.30. The van der Waals surface area contributed by atoms with Gasteiger partial charge in [-0.05, 0) is 197 Å². The topological polar surface area (TPSA) is 0 Å². The van der Waals surface area contributed by atoms with E-state index in [1.807, 2.05) is 0 Å². The monoisotopic (exact) mass is 704 g/mol. The highest BCUT2D eigenvalue weighted by Crippen LogP contribution is 2.48. The summed E-state index contributed by atoms with van der Waals surface area (Å²) in [6.45, 7) is 0. The van der Waals surface area contributed by atoms with Gasteiger partial charge in [0.25, 0.3) is 0 Å². The molecule has 0 aromatic rings. The summed E-state index contributed by atoms with van der Waals surface area (Å²) >= 11 is 0. The van der Waals surface area contributed by atoms with Gasteiger partial charge in [0.15, 0.2) is 0 Å². The molecule has 0 amide bonds. The highest BCUT2D eigenvalue weighted by atomic mass is 14.4. The molecule has 8 saturated carbocycles. The summed E-state index contributed by atoms with van der Waals surface area (Å²) in [6, 6.07) is 0. The van der Waals surface area contributed by atoms with Gasteiger partial charge in [-0.1, -0.05) is 94.7 Å². The molecule has 0 heteroatoms.